The molecule has 5 rings (SSSR count). The second-order valence-corrected chi connectivity index (χ2v) is 8.89. The monoisotopic (exact) mass is 490 g/mol. The molecule has 0 spiro atoms. The van der Waals surface area contributed by atoms with Gasteiger partial charge in [-0.25, -0.2) is 15.0 Å². The Labute approximate surface area is 206 Å². The molecule has 2 N–H and O–H groups in total. The Morgan fingerprint density at radius 1 is 1.03 bits per heavy atom. The van der Waals surface area contributed by atoms with Crippen LogP contribution in [-0.2, 0) is 12.6 Å². The van der Waals surface area contributed by atoms with Gasteiger partial charge >= 0.3 is 6.18 Å². The third-order valence-electron chi connectivity index (χ3n) is 5.99. The van der Waals surface area contributed by atoms with Crippen LogP contribution >= 0.6 is 0 Å². The molecule has 1 aliphatic rings. The van der Waals surface area contributed by atoms with Crippen molar-refractivity contribution in [2.45, 2.75) is 32.4 Å². The topological polar surface area (TPSA) is 75.1 Å². The molecule has 0 amide bonds. The van der Waals surface area contributed by atoms with Crippen molar-refractivity contribution >= 4 is 40.1 Å². The minimum absolute atomic E-state index is 0.343. The zero-order valence-corrected chi connectivity index (χ0v) is 19.7. The van der Waals surface area contributed by atoms with Crippen molar-refractivity contribution < 1.29 is 13.2 Å². The van der Waals surface area contributed by atoms with E-state index in [-0.39, 0.29) is 0 Å². The van der Waals surface area contributed by atoms with Crippen LogP contribution in [0.4, 0.5) is 36.2 Å². The van der Waals surface area contributed by atoms with E-state index < -0.39 is 11.7 Å². The number of nitrogens with one attached hydrogen (secondary N) is 2. The van der Waals surface area contributed by atoms with E-state index in [2.05, 4.69) is 30.6 Å². The average Bonchev–Trinajstić information content (AvgIpc) is 3.68. The lowest BCUT2D eigenvalue weighted by Crippen LogP contribution is -2.05. The number of aryl methyl sites for hydroxylation is 1. The summed E-state index contributed by atoms with van der Waals surface area (Å²) in [5.41, 5.74) is 3.71. The van der Waals surface area contributed by atoms with Crippen molar-refractivity contribution in [3.8, 4) is 0 Å². The number of aliphatic imine (C=N–C) groups is 1. The van der Waals surface area contributed by atoms with Crippen molar-refractivity contribution in [3.05, 3.63) is 77.7 Å². The summed E-state index contributed by atoms with van der Waals surface area (Å²) in [7, 11) is 0. The van der Waals surface area contributed by atoms with E-state index in [1.807, 2.05) is 25.1 Å². The molecule has 0 aliphatic heterocycles. The number of pyridine rings is 1. The molecule has 0 bridgehead atoms. The number of hydrogen-bond donors (Lipinski definition) is 2. The fourth-order valence-electron chi connectivity index (χ4n) is 3.85. The first-order valence-electron chi connectivity index (χ1n) is 11.8. The van der Waals surface area contributed by atoms with Crippen molar-refractivity contribution in [1.82, 2.24) is 15.0 Å². The molecule has 4 aromatic rings. The quantitative estimate of drug-likeness (QED) is 0.264. The van der Waals surface area contributed by atoms with Crippen molar-refractivity contribution in [1.29, 1.82) is 0 Å². The maximum atomic E-state index is 12.9. The Bertz CT molecular complexity index is 1400. The smallest absolute Gasteiger partial charge is 0.383 e. The van der Waals surface area contributed by atoms with E-state index >= 15 is 0 Å². The largest absolute Gasteiger partial charge is 0.416 e. The molecular weight excluding hydrogens is 465 g/mol. The molecule has 2 heterocycles. The zero-order valence-electron chi connectivity index (χ0n) is 19.7. The second kappa shape index (κ2) is 9.93. The van der Waals surface area contributed by atoms with Gasteiger partial charge in [0, 0.05) is 35.9 Å². The number of nitrogens with zero attached hydrogens (tertiary/aromatic N) is 4. The standard InChI is InChI=1S/C27H25F3N6/c1-17-23-6-3-7-24(33-15-18-8-9-18)25(23)36-26(34-17)31-13-12-20-10-11-22(16-32-20)35-21-5-2-4-19(14-21)27(28,29)30/h2-7,10-11,13-14,16,18,33,35H,8-9,12,15H2,1H3. The number of fused-ring (bicyclic) bond motifs is 1. The van der Waals surface area contributed by atoms with Crippen LogP contribution in [0.15, 0.2) is 65.8 Å². The van der Waals surface area contributed by atoms with Gasteiger partial charge in [-0.15, -0.1) is 0 Å². The fourth-order valence-corrected chi connectivity index (χ4v) is 3.85. The Morgan fingerprint density at radius 2 is 1.86 bits per heavy atom. The minimum atomic E-state index is -4.39. The SMILES string of the molecule is Cc1nc(N=CCc2ccc(Nc3cccc(C(F)(F)F)c3)cn2)nc2c(NCC3CC3)cccc12. The van der Waals surface area contributed by atoms with Crippen LogP contribution in [0.1, 0.15) is 29.8 Å². The van der Waals surface area contributed by atoms with Gasteiger partial charge in [0.2, 0.25) is 5.95 Å². The molecule has 1 saturated carbocycles. The Morgan fingerprint density at radius 3 is 2.61 bits per heavy atom. The van der Waals surface area contributed by atoms with E-state index in [0.717, 1.165) is 52.6 Å². The van der Waals surface area contributed by atoms with Crippen LogP contribution in [-0.4, -0.2) is 27.7 Å². The summed E-state index contributed by atoms with van der Waals surface area (Å²) in [6.07, 6.45) is 1.92. The predicted molar refractivity (Wildman–Crippen MR) is 136 cm³/mol. The van der Waals surface area contributed by atoms with Gasteiger partial charge in [0.15, 0.2) is 0 Å². The van der Waals surface area contributed by atoms with E-state index in [1.165, 1.54) is 18.9 Å². The molecule has 6 nitrogen and oxygen atoms in total. The minimum Gasteiger partial charge on any atom is -0.383 e. The summed E-state index contributed by atoms with van der Waals surface area (Å²) in [4.78, 5) is 18.0. The first-order chi connectivity index (χ1) is 17.3. The highest BCUT2D eigenvalue weighted by Gasteiger charge is 2.30. The highest BCUT2D eigenvalue weighted by Crippen LogP contribution is 2.32. The van der Waals surface area contributed by atoms with E-state index in [0.29, 0.717) is 23.7 Å². The van der Waals surface area contributed by atoms with Crippen LogP contribution in [0.3, 0.4) is 0 Å². The third kappa shape index (κ3) is 5.79. The summed E-state index contributed by atoms with van der Waals surface area (Å²) in [6, 6.07) is 14.7. The van der Waals surface area contributed by atoms with E-state index in [4.69, 9.17) is 0 Å². The summed E-state index contributed by atoms with van der Waals surface area (Å²) in [5, 5.41) is 7.46. The van der Waals surface area contributed by atoms with Crippen molar-refractivity contribution in [2.24, 2.45) is 10.9 Å². The number of rotatable bonds is 8. The molecule has 36 heavy (non-hydrogen) atoms. The first kappa shape index (κ1) is 23.7. The average molecular weight is 491 g/mol. The number of para-hydroxylation sites is 1. The molecule has 184 valence electrons. The normalized spacial score (nSPS) is 13.9. The van der Waals surface area contributed by atoms with Gasteiger partial charge in [-0.1, -0.05) is 18.2 Å². The highest BCUT2D eigenvalue weighted by atomic mass is 19.4. The molecular formula is C27H25F3N6. The van der Waals surface area contributed by atoms with Crippen LogP contribution < -0.4 is 10.6 Å². The van der Waals surface area contributed by atoms with Crippen LogP contribution in [0, 0.1) is 12.8 Å². The molecule has 2 aromatic carbocycles. The van der Waals surface area contributed by atoms with Gasteiger partial charge in [0.05, 0.1) is 34.3 Å². The van der Waals surface area contributed by atoms with Crippen molar-refractivity contribution in [3.63, 3.8) is 0 Å². The van der Waals surface area contributed by atoms with Gasteiger partial charge < -0.3 is 10.6 Å². The number of alkyl halides is 3. The number of hydrogen-bond acceptors (Lipinski definition) is 6. The zero-order chi connectivity index (χ0) is 25.1. The summed E-state index contributed by atoms with van der Waals surface area (Å²) < 4.78 is 38.8. The molecule has 0 saturated heterocycles. The summed E-state index contributed by atoms with van der Waals surface area (Å²) in [6.45, 7) is 2.90. The lowest BCUT2D eigenvalue weighted by Gasteiger charge is -2.10. The van der Waals surface area contributed by atoms with E-state index in [1.54, 1.807) is 30.6 Å². The molecule has 0 radical (unpaired) electrons. The predicted octanol–water partition coefficient (Wildman–Crippen LogP) is 6.86. The maximum absolute atomic E-state index is 12.9. The number of halogens is 3. The Kier molecular flexibility index (Phi) is 6.54. The van der Waals surface area contributed by atoms with E-state index in [9.17, 15) is 13.2 Å². The third-order valence-corrected chi connectivity index (χ3v) is 5.99. The van der Waals surface area contributed by atoms with Crippen LogP contribution in [0.5, 0.6) is 0 Å². The number of anilines is 3. The lowest BCUT2D eigenvalue weighted by molar-refractivity contribution is -0.137. The molecule has 0 atom stereocenters. The Balaban J connectivity index is 1.25. The fraction of sp³-hybridized carbons (Fsp3) is 0.259. The highest BCUT2D eigenvalue weighted by molar-refractivity contribution is 5.92. The number of aromatic nitrogens is 3. The summed E-state index contributed by atoms with van der Waals surface area (Å²) >= 11 is 0. The maximum Gasteiger partial charge on any atom is 0.416 e. The molecule has 1 aliphatic carbocycles. The van der Waals surface area contributed by atoms with Gasteiger partial charge in [0.1, 0.15) is 0 Å². The van der Waals surface area contributed by atoms with Crippen LogP contribution in [0.25, 0.3) is 10.9 Å². The second-order valence-electron chi connectivity index (χ2n) is 8.89. The molecule has 1 fully saturated rings. The number of benzene rings is 2. The van der Waals surface area contributed by atoms with Gasteiger partial charge in [-0.3, -0.25) is 4.98 Å². The van der Waals surface area contributed by atoms with Gasteiger partial charge in [-0.2, -0.15) is 13.2 Å². The van der Waals surface area contributed by atoms with Gasteiger partial charge in [-0.05, 0) is 62.1 Å². The van der Waals surface area contributed by atoms with Crippen LogP contribution in [0.2, 0.25) is 0 Å². The molecule has 0 unspecified atom stereocenters. The first-order valence-corrected chi connectivity index (χ1v) is 11.8. The van der Waals surface area contributed by atoms with Crippen molar-refractivity contribution in [2.75, 3.05) is 17.2 Å². The van der Waals surface area contributed by atoms with Gasteiger partial charge in [0.25, 0.3) is 0 Å². The Hall–Kier alpha value is -4.01. The lowest BCUT2D eigenvalue weighted by atomic mass is 10.1. The molecule has 9 heteroatoms. The molecule has 2 aromatic heterocycles. The summed E-state index contributed by atoms with van der Waals surface area (Å²) in [5.74, 6) is 1.14.